The van der Waals surface area contributed by atoms with Gasteiger partial charge in [0, 0.05) is 25.2 Å². The number of aryl methyl sites for hydroxylation is 1. The molecule has 184 valence electrons. The first kappa shape index (κ1) is 25.7. The molecule has 1 aliphatic rings. The third-order valence-electron chi connectivity index (χ3n) is 6.10. The van der Waals surface area contributed by atoms with E-state index in [2.05, 4.69) is 10.6 Å². The number of methoxy groups -OCH3 is 1. The van der Waals surface area contributed by atoms with Crippen molar-refractivity contribution in [2.24, 2.45) is 5.92 Å². The molecule has 1 fully saturated rings. The standard InChI is InChI=1S/C25H33N3O5S/c1-4-15-26-25(30)23(27-24(29)20-7-9-21(33-3)10-8-20)19-13-16-28(17-14-19)34(31,32)22-11-5-18(2)6-12-22/h5-12,19,23H,4,13-17H2,1-3H3,(H,26,30)(H,27,29). The molecule has 2 N–H and O–H groups in total. The molecular formula is C25H33N3O5S. The molecule has 3 rings (SSSR count). The number of rotatable bonds is 9. The lowest BCUT2D eigenvalue weighted by Gasteiger charge is -2.35. The van der Waals surface area contributed by atoms with E-state index in [9.17, 15) is 18.0 Å². The van der Waals surface area contributed by atoms with Crippen LogP contribution in [0.2, 0.25) is 0 Å². The molecular weight excluding hydrogens is 454 g/mol. The monoisotopic (exact) mass is 487 g/mol. The number of nitrogens with zero attached hydrogens (tertiary/aromatic N) is 1. The molecule has 2 aromatic carbocycles. The highest BCUT2D eigenvalue weighted by molar-refractivity contribution is 7.89. The maximum atomic E-state index is 13.0. The number of amides is 2. The first-order valence-corrected chi connectivity index (χ1v) is 13.0. The molecule has 2 aromatic rings. The van der Waals surface area contributed by atoms with Crippen LogP contribution in [0.3, 0.4) is 0 Å². The van der Waals surface area contributed by atoms with Crippen LogP contribution >= 0.6 is 0 Å². The molecule has 0 spiro atoms. The first-order chi connectivity index (χ1) is 16.3. The molecule has 34 heavy (non-hydrogen) atoms. The number of hydrogen-bond acceptors (Lipinski definition) is 5. The Kier molecular flexibility index (Phi) is 8.68. The molecule has 1 unspecified atom stereocenters. The molecule has 1 heterocycles. The van der Waals surface area contributed by atoms with Crippen LogP contribution in [0.1, 0.15) is 42.1 Å². The minimum Gasteiger partial charge on any atom is -0.497 e. The molecule has 0 saturated carbocycles. The molecule has 2 amide bonds. The van der Waals surface area contributed by atoms with Crippen LogP contribution in [0.5, 0.6) is 5.75 Å². The van der Waals surface area contributed by atoms with Gasteiger partial charge in [-0.2, -0.15) is 4.31 Å². The average Bonchev–Trinajstić information content (AvgIpc) is 2.86. The van der Waals surface area contributed by atoms with Gasteiger partial charge in [0.2, 0.25) is 15.9 Å². The first-order valence-electron chi connectivity index (χ1n) is 11.6. The van der Waals surface area contributed by atoms with Crippen molar-refractivity contribution < 1.29 is 22.7 Å². The summed E-state index contributed by atoms with van der Waals surface area (Å²) in [5, 5.41) is 5.75. The van der Waals surface area contributed by atoms with Crippen molar-refractivity contribution >= 4 is 21.8 Å². The van der Waals surface area contributed by atoms with E-state index >= 15 is 0 Å². The maximum Gasteiger partial charge on any atom is 0.251 e. The van der Waals surface area contributed by atoms with Gasteiger partial charge in [-0.15, -0.1) is 0 Å². The average molecular weight is 488 g/mol. The summed E-state index contributed by atoms with van der Waals surface area (Å²) < 4.78 is 32.7. The van der Waals surface area contributed by atoms with E-state index in [4.69, 9.17) is 4.74 Å². The molecule has 9 heteroatoms. The largest absolute Gasteiger partial charge is 0.497 e. The minimum atomic E-state index is -3.60. The van der Waals surface area contributed by atoms with E-state index in [1.165, 1.54) is 4.31 Å². The fourth-order valence-corrected chi connectivity index (χ4v) is 5.50. The summed E-state index contributed by atoms with van der Waals surface area (Å²) in [7, 11) is -2.05. The quantitative estimate of drug-likeness (QED) is 0.566. The van der Waals surface area contributed by atoms with E-state index in [0.717, 1.165) is 12.0 Å². The van der Waals surface area contributed by atoms with Gasteiger partial charge in [0.1, 0.15) is 11.8 Å². The van der Waals surface area contributed by atoms with Crippen molar-refractivity contribution in [3.05, 3.63) is 59.7 Å². The third-order valence-corrected chi connectivity index (χ3v) is 8.01. The van der Waals surface area contributed by atoms with Gasteiger partial charge in [-0.1, -0.05) is 24.6 Å². The lowest BCUT2D eigenvalue weighted by molar-refractivity contribution is -0.124. The van der Waals surface area contributed by atoms with Gasteiger partial charge in [0.25, 0.3) is 5.91 Å². The van der Waals surface area contributed by atoms with E-state index in [0.29, 0.717) is 30.7 Å². The van der Waals surface area contributed by atoms with Crippen molar-refractivity contribution in [1.29, 1.82) is 0 Å². The normalized spacial score (nSPS) is 16.0. The second kappa shape index (κ2) is 11.5. The smallest absolute Gasteiger partial charge is 0.251 e. The SMILES string of the molecule is CCCNC(=O)C(NC(=O)c1ccc(OC)cc1)C1CCN(S(=O)(=O)c2ccc(C)cc2)CC1. The number of nitrogens with one attached hydrogen (secondary N) is 2. The molecule has 0 radical (unpaired) electrons. The zero-order valence-electron chi connectivity index (χ0n) is 19.9. The Balaban J connectivity index is 1.71. The number of ether oxygens (including phenoxy) is 1. The van der Waals surface area contributed by atoms with Gasteiger partial charge in [0.15, 0.2) is 0 Å². The Bertz CT molecular complexity index is 1080. The van der Waals surface area contributed by atoms with Crippen LogP contribution in [0.15, 0.2) is 53.4 Å². The molecule has 1 saturated heterocycles. The van der Waals surface area contributed by atoms with Crippen molar-refractivity contribution in [3.8, 4) is 5.75 Å². The summed E-state index contributed by atoms with van der Waals surface area (Å²) >= 11 is 0. The summed E-state index contributed by atoms with van der Waals surface area (Å²) in [5.74, 6) is -0.142. The highest BCUT2D eigenvalue weighted by Crippen LogP contribution is 2.26. The lowest BCUT2D eigenvalue weighted by Crippen LogP contribution is -2.53. The highest BCUT2D eigenvalue weighted by Gasteiger charge is 2.36. The number of sulfonamides is 1. The van der Waals surface area contributed by atoms with Crippen LogP contribution in [-0.2, 0) is 14.8 Å². The predicted octanol–water partition coefficient (Wildman–Crippen LogP) is 2.73. The van der Waals surface area contributed by atoms with Crippen LogP contribution in [-0.4, -0.2) is 57.3 Å². The highest BCUT2D eigenvalue weighted by atomic mass is 32.2. The van der Waals surface area contributed by atoms with Crippen LogP contribution < -0.4 is 15.4 Å². The van der Waals surface area contributed by atoms with Gasteiger partial charge in [-0.3, -0.25) is 9.59 Å². The number of carbonyl (C=O) groups excluding carboxylic acids is 2. The fourth-order valence-electron chi connectivity index (χ4n) is 4.03. The van der Waals surface area contributed by atoms with Crippen molar-refractivity contribution in [3.63, 3.8) is 0 Å². The zero-order valence-corrected chi connectivity index (χ0v) is 20.7. The molecule has 8 nitrogen and oxygen atoms in total. The fraction of sp³-hybridized carbons (Fsp3) is 0.440. The Labute approximate surface area is 201 Å². The van der Waals surface area contributed by atoms with Crippen LogP contribution in [0.25, 0.3) is 0 Å². The topological polar surface area (TPSA) is 105 Å². The molecule has 0 aromatic heterocycles. The van der Waals surface area contributed by atoms with Crippen LogP contribution in [0.4, 0.5) is 0 Å². The van der Waals surface area contributed by atoms with E-state index < -0.39 is 16.1 Å². The minimum absolute atomic E-state index is 0.177. The van der Waals surface area contributed by atoms with Crippen molar-refractivity contribution in [2.45, 2.75) is 44.0 Å². The third kappa shape index (κ3) is 6.15. The summed E-state index contributed by atoms with van der Waals surface area (Å²) in [6.07, 6.45) is 1.72. The summed E-state index contributed by atoms with van der Waals surface area (Å²) in [4.78, 5) is 26.1. The van der Waals surface area contributed by atoms with Gasteiger partial charge >= 0.3 is 0 Å². The second-order valence-corrected chi connectivity index (χ2v) is 10.5. The number of benzene rings is 2. The predicted molar refractivity (Wildman–Crippen MR) is 130 cm³/mol. The summed E-state index contributed by atoms with van der Waals surface area (Å²) in [6, 6.07) is 12.7. The summed E-state index contributed by atoms with van der Waals surface area (Å²) in [5.41, 5.74) is 1.42. The van der Waals surface area contributed by atoms with Gasteiger partial charge in [-0.05, 0) is 68.5 Å². The van der Waals surface area contributed by atoms with E-state index in [1.807, 2.05) is 13.8 Å². The van der Waals surface area contributed by atoms with Gasteiger partial charge < -0.3 is 15.4 Å². The number of piperidine rings is 1. The number of hydrogen-bond donors (Lipinski definition) is 2. The Hall–Kier alpha value is -2.91. The van der Waals surface area contributed by atoms with Gasteiger partial charge in [0.05, 0.1) is 12.0 Å². The lowest BCUT2D eigenvalue weighted by atomic mass is 9.89. The molecule has 1 aliphatic heterocycles. The second-order valence-electron chi connectivity index (χ2n) is 8.53. The van der Waals surface area contributed by atoms with E-state index in [1.54, 1.807) is 55.6 Å². The Morgan fingerprint density at radius 2 is 1.68 bits per heavy atom. The van der Waals surface area contributed by atoms with Crippen LogP contribution in [0, 0.1) is 12.8 Å². The summed E-state index contributed by atoms with van der Waals surface area (Å²) in [6.45, 7) is 4.95. The number of carbonyl (C=O) groups is 2. The van der Waals surface area contributed by atoms with Crippen molar-refractivity contribution in [2.75, 3.05) is 26.7 Å². The van der Waals surface area contributed by atoms with Crippen molar-refractivity contribution in [1.82, 2.24) is 14.9 Å². The van der Waals surface area contributed by atoms with Gasteiger partial charge in [-0.25, -0.2) is 8.42 Å². The Morgan fingerprint density at radius 3 is 2.24 bits per heavy atom. The zero-order chi connectivity index (χ0) is 24.7. The molecule has 0 aliphatic carbocycles. The maximum absolute atomic E-state index is 13.0. The van der Waals surface area contributed by atoms with E-state index in [-0.39, 0.29) is 35.7 Å². The molecule has 1 atom stereocenters. The Morgan fingerprint density at radius 1 is 1.06 bits per heavy atom. The molecule has 0 bridgehead atoms.